The van der Waals surface area contributed by atoms with Gasteiger partial charge in [0.25, 0.3) is 5.91 Å². The molecule has 2 rings (SSSR count). The molecule has 25 heavy (non-hydrogen) atoms. The van der Waals surface area contributed by atoms with Gasteiger partial charge >= 0.3 is 0 Å². The standard InChI is InChI=1S/C20H24N2O3/c1-13-8-7-11-17(14(13)2)15(3)21-20(25)18(12-23)22-19(24)16-9-5-4-6-10-16/h4-11,15,18,23H,12H2,1-3H3,(H,21,25)(H,22,24)/t15-,18+/m1/s1. The molecule has 132 valence electrons. The number of carbonyl (C=O) groups excluding carboxylic acids is 2. The third-order valence-electron chi connectivity index (χ3n) is 4.31. The molecule has 0 saturated heterocycles. The molecule has 0 radical (unpaired) electrons. The highest BCUT2D eigenvalue weighted by atomic mass is 16.3. The minimum Gasteiger partial charge on any atom is -0.394 e. The van der Waals surface area contributed by atoms with Crippen LogP contribution in [0.4, 0.5) is 0 Å². The summed E-state index contributed by atoms with van der Waals surface area (Å²) in [4.78, 5) is 24.6. The molecule has 0 heterocycles. The van der Waals surface area contributed by atoms with Crippen molar-refractivity contribution in [3.63, 3.8) is 0 Å². The van der Waals surface area contributed by atoms with E-state index in [1.54, 1.807) is 30.3 Å². The van der Waals surface area contributed by atoms with Crippen LogP contribution in [0.2, 0.25) is 0 Å². The topological polar surface area (TPSA) is 78.4 Å². The molecule has 0 aliphatic rings. The van der Waals surface area contributed by atoms with E-state index in [1.165, 1.54) is 0 Å². The summed E-state index contributed by atoms with van der Waals surface area (Å²) in [6.45, 7) is 5.44. The molecule has 0 aliphatic carbocycles. The first-order chi connectivity index (χ1) is 11.9. The number of aliphatic hydroxyl groups is 1. The number of aryl methyl sites for hydroxylation is 1. The van der Waals surface area contributed by atoms with E-state index >= 15 is 0 Å². The molecule has 3 N–H and O–H groups in total. The molecule has 5 nitrogen and oxygen atoms in total. The van der Waals surface area contributed by atoms with Gasteiger partial charge in [0, 0.05) is 5.56 Å². The third kappa shape index (κ3) is 4.67. The van der Waals surface area contributed by atoms with Gasteiger partial charge in [-0.3, -0.25) is 9.59 Å². The van der Waals surface area contributed by atoms with Gasteiger partial charge in [0.05, 0.1) is 12.6 Å². The maximum absolute atomic E-state index is 12.4. The number of amides is 2. The van der Waals surface area contributed by atoms with Crippen molar-refractivity contribution in [2.24, 2.45) is 0 Å². The first kappa shape index (κ1) is 18.7. The summed E-state index contributed by atoms with van der Waals surface area (Å²) in [5.74, 6) is -0.811. The maximum atomic E-state index is 12.4. The van der Waals surface area contributed by atoms with Crippen LogP contribution in [-0.4, -0.2) is 29.6 Å². The molecule has 0 spiro atoms. The lowest BCUT2D eigenvalue weighted by Crippen LogP contribution is -2.49. The monoisotopic (exact) mass is 340 g/mol. The number of aliphatic hydroxyl groups excluding tert-OH is 1. The summed E-state index contributed by atoms with van der Waals surface area (Å²) in [5.41, 5.74) is 3.72. The van der Waals surface area contributed by atoms with E-state index in [2.05, 4.69) is 10.6 Å². The molecule has 2 atom stereocenters. The third-order valence-corrected chi connectivity index (χ3v) is 4.31. The Morgan fingerprint density at radius 3 is 2.32 bits per heavy atom. The van der Waals surface area contributed by atoms with Crippen molar-refractivity contribution in [3.05, 3.63) is 70.8 Å². The average Bonchev–Trinajstić information content (AvgIpc) is 2.62. The van der Waals surface area contributed by atoms with Crippen molar-refractivity contribution in [3.8, 4) is 0 Å². The molecule has 0 saturated carbocycles. The van der Waals surface area contributed by atoms with E-state index in [9.17, 15) is 14.7 Å². The SMILES string of the molecule is Cc1cccc([C@@H](C)NC(=O)[C@H](CO)NC(=O)c2ccccc2)c1C. The van der Waals surface area contributed by atoms with E-state index in [1.807, 2.05) is 39.0 Å². The molecule has 0 aliphatic heterocycles. The molecule has 0 unspecified atom stereocenters. The number of hydrogen-bond acceptors (Lipinski definition) is 3. The summed E-state index contributed by atoms with van der Waals surface area (Å²) in [5, 5.41) is 14.9. The highest BCUT2D eigenvalue weighted by molar-refractivity contribution is 5.97. The Bertz CT molecular complexity index is 744. The molecule has 0 aromatic heterocycles. The Morgan fingerprint density at radius 2 is 1.68 bits per heavy atom. The smallest absolute Gasteiger partial charge is 0.251 e. The van der Waals surface area contributed by atoms with Gasteiger partial charge in [-0.05, 0) is 49.6 Å². The zero-order valence-electron chi connectivity index (χ0n) is 14.7. The fraction of sp³-hybridized carbons (Fsp3) is 0.300. The van der Waals surface area contributed by atoms with Crippen LogP contribution in [0.25, 0.3) is 0 Å². The summed E-state index contributed by atoms with van der Waals surface area (Å²) < 4.78 is 0. The quantitative estimate of drug-likeness (QED) is 0.755. The summed E-state index contributed by atoms with van der Waals surface area (Å²) >= 11 is 0. The fourth-order valence-corrected chi connectivity index (χ4v) is 2.66. The molecule has 0 bridgehead atoms. The van der Waals surface area contributed by atoms with Gasteiger partial charge in [-0.1, -0.05) is 36.4 Å². The van der Waals surface area contributed by atoms with Crippen LogP contribution >= 0.6 is 0 Å². The van der Waals surface area contributed by atoms with E-state index < -0.39 is 24.5 Å². The fourth-order valence-electron chi connectivity index (χ4n) is 2.66. The Kier molecular flexibility index (Phi) is 6.31. The Hall–Kier alpha value is -2.66. The summed E-state index contributed by atoms with van der Waals surface area (Å²) in [6, 6.07) is 13.3. The van der Waals surface area contributed by atoms with Gasteiger partial charge in [-0.2, -0.15) is 0 Å². The Labute approximate surface area is 148 Å². The zero-order valence-corrected chi connectivity index (χ0v) is 14.7. The van der Waals surface area contributed by atoms with Crippen LogP contribution in [0.5, 0.6) is 0 Å². The molecule has 0 fully saturated rings. The van der Waals surface area contributed by atoms with Crippen molar-refractivity contribution >= 4 is 11.8 Å². The lowest BCUT2D eigenvalue weighted by Gasteiger charge is -2.22. The van der Waals surface area contributed by atoms with Crippen molar-refractivity contribution in [1.29, 1.82) is 0 Å². The highest BCUT2D eigenvalue weighted by Crippen LogP contribution is 2.20. The van der Waals surface area contributed by atoms with Gasteiger partial charge in [-0.25, -0.2) is 0 Å². The van der Waals surface area contributed by atoms with Crippen molar-refractivity contribution in [2.75, 3.05) is 6.61 Å². The van der Waals surface area contributed by atoms with Gasteiger partial charge in [0.1, 0.15) is 6.04 Å². The van der Waals surface area contributed by atoms with Crippen LogP contribution in [0.3, 0.4) is 0 Å². The van der Waals surface area contributed by atoms with Crippen LogP contribution in [0.15, 0.2) is 48.5 Å². The number of benzene rings is 2. The van der Waals surface area contributed by atoms with Crippen LogP contribution in [0.1, 0.15) is 40.0 Å². The second-order valence-corrected chi connectivity index (χ2v) is 6.09. The van der Waals surface area contributed by atoms with Gasteiger partial charge in [-0.15, -0.1) is 0 Å². The largest absolute Gasteiger partial charge is 0.394 e. The number of carbonyl (C=O) groups is 2. The molecule has 2 aromatic rings. The number of nitrogens with one attached hydrogen (secondary N) is 2. The predicted octanol–water partition coefficient (Wildman–Crippen LogP) is 2.27. The van der Waals surface area contributed by atoms with Crippen molar-refractivity contribution < 1.29 is 14.7 Å². The molecular weight excluding hydrogens is 316 g/mol. The second kappa shape index (κ2) is 8.44. The van der Waals surface area contributed by atoms with Crippen molar-refractivity contribution in [2.45, 2.75) is 32.9 Å². The number of hydrogen-bond donors (Lipinski definition) is 3. The van der Waals surface area contributed by atoms with Crippen LogP contribution in [-0.2, 0) is 4.79 Å². The zero-order chi connectivity index (χ0) is 18.4. The Balaban J connectivity index is 2.04. The molecular formula is C20H24N2O3. The van der Waals surface area contributed by atoms with E-state index in [0.29, 0.717) is 5.56 Å². The van der Waals surface area contributed by atoms with E-state index in [-0.39, 0.29) is 6.04 Å². The summed E-state index contributed by atoms with van der Waals surface area (Å²) in [7, 11) is 0. The lowest BCUT2D eigenvalue weighted by atomic mass is 9.98. The second-order valence-electron chi connectivity index (χ2n) is 6.09. The lowest BCUT2D eigenvalue weighted by molar-refractivity contribution is -0.124. The van der Waals surface area contributed by atoms with Gasteiger partial charge in [0.2, 0.25) is 5.91 Å². The van der Waals surface area contributed by atoms with Crippen molar-refractivity contribution in [1.82, 2.24) is 10.6 Å². The van der Waals surface area contributed by atoms with E-state index in [0.717, 1.165) is 16.7 Å². The average molecular weight is 340 g/mol. The normalized spacial score (nSPS) is 13.0. The predicted molar refractivity (Wildman–Crippen MR) is 97.3 cm³/mol. The highest BCUT2D eigenvalue weighted by Gasteiger charge is 2.22. The van der Waals surface area contributed by atoms with Gasteiger partial charge < -0.3 is 15.7 Å². The molecule has 2 amide bonds. The maximum Gasteiger partial charge on any atom is 0.251 e. The molecule has 2 aromatic carbocycles. The summed E-state index contributed by atoms with van der Waals surface area (Å²) in [6.07, 6.45) is 0. The van der Waals surface area contributed by atoms with Gasteiger partial charge in [0.15, 0.2) is 0 Å². The van der Waals surface area contributed by atoms with E-state index in [4.69, 9.17) is 0 Å². The number of rotatable bonds is 6. The first-order valence-electron chi connectivity index (χ1n) is 8.27. The minimum atomic E-state index is -1.000. The molecule has 5 heteroatoms. The van der Waals surface area contributed by atoms with Crippen LogP contribution < -0.4 is 10.6 Å². The minimum absolute atomic E-state index is 0.227. The Morgan fingerprint density at radius 1 is 1.00 bits per heavy atom. The first-order valence-corrected chi connectivity index (χ1v) is 8.27. The van der Waals surface area contributed by atoms with Crippen LogP contribution in [0, 0.1) is 13.8 Å².